The Bertz CT molecular complexity index is 1590. The Labute approximate surface area is 274 Å². The van der Waals surface area contributed by atoms with E-state index in [0.717, 1.165) is 12.8 Å². The first-order valence-electron chi connectivity index (χ1n) is 15.8. The molecule has 0 spiro atoms. The number of nitrogens with zero attached hydrogens (tertiary/aromatic N) is 2. The maximum atomic E-state index is 13.1. The standard InChI is InChI=1S/C32H50N6O6S2/c1-8-37(9-2)45(41,42)27-16-12-14-24(18-27)34-29(39)33-23-32(7)21-26(20-31(5,6)22-32)36-30(40)35-25-15-13-17-28(19-25)46(43,44)38(10-3)11-4/h12-19,26H,8-11,20-23H2,1-7H3,(H2,33,34,39)(H2,35,36,40). The average Bonchev–Trinajstić information content (AvgIpc) is 2.96. The molecule has 2 aromatic rings. The minimum absolute atomic E-state index is 0.111. The molecule has 0 saturated heterocycles. The van der Waals surface area contributed by atoms with Crippen LogP contribution in [0.2, 0.25) is 0 Å². The molecule has 256 valence electrons. The fourth-order valence-electron chi connectivity index (χ4n) is 6.59. The SMILES string of the molecule is CCN(CC)S(=O)(=O)c1cccc(NC(=O)NCC2(C)CC(NC(=O)Nc3cccc(S(=O)(=O)N(CC)CC)c3)CC(C)(C)C2)c1. The number of carbonyl (C=O) groups excluding carboxylic acids is 2. The van der Waals surface area contributed by atoms with E-state index in [1.165, 1.54) is 32.9 Å². The van der Waals surface area contributed by atoms with E-state index in [9.17, 15) is 26.4 Å². The van der Waals surface area contributed by atoms with Gasteiger partial charge in [-0.25, -0.2) is 26.4 Å². The second kappa shape index (κ2) is 15.1. The van der Waals surface area contributed by atoms with Gasteiger partial charge in [-0.1, -0.05) is 60.6 Å². The number of carbonyl (C=O) groups is 2. The molecule has 2 aromatic carbocycles. The number of hydrogen-bond donors (Lipinski definition) is 4. The van der Waals surface area contributed by atoms with Crippen LogP contribution in [-0.4, -0.2) is 76.3 Å². The fraction of sp³-hybridized carbons (Fsp3) is 0.562. The molecule has 46 heavy (non-hydrogen) atoms. The number of anilines is 2. The molecule has 0 heterocycles. The molecule has 1 aliphatic rings. The number of sulfonamides is 2. The van der Waals surface area contributed by atoms with E-state index in [1.54, 1.807) is 52.0 Å². The van der Waals surface area contributed by atoms with Crippen molar-refractivity contribution in [3.63, 3.8) is 0 Å². The summed E-state index contributed by atoms with van der Waals surface area (Å²) in [5.74, 6) is 0. The van der Waals surface area contributed by atoms with Crippen molar-refractivity contribution in [2.75, 3.05) is 43.4 Å². The van der Waals surface area contributed by atoms with E-state index >= 15 is 0 Å². The Hall–Kier alpha value is -3.20. The lowest BCUT2D eigenvalue weighted by Crippen LogP contribution is -2.51. The Morgan fingerprint density at radius 1 is 0.739 bits per heavy atom. The number of nitrogens with one attached hydrogen (secondary N) is 4. The zero-order valence-electron chi connectivity index (χ0n) is 28.0. The first kappa shape index (κ1) is 37.3. The van der Waals surface area contributed by atoms with Crippen LogP contribution in [0.25, 0.3) is 0 Å². The van der Waals surface area contributed by atoms with E-state index in [0.29, 0.717) is 50.5 Å². The highest BCUT2D eigenvalue weighted by Crippen LogP contribution is 2.45. The summed E-state index contributed by atoms with van der Waals surface area (Å²) in [6.45, 7) is 15.1. The second-order valence-electron chi connectivity index (χ2n) is 12.9. The Morgan fingerprint density at radius 3 is 1.65 bits per heavy atom. The first-order valence-corrected chi connectivity index (χ1v) is 18.7. The highest BCUT2D eigenvalue weighted by molar-refractivity contribution is 7.89. The summed E-state index contributed by atoms with van der Waals surface area (Å²) in [6, 6.07) is 11.3. The lowest BCUT2D eigenvalue weighted by Gasteiger charge is -2.46. The van der Waals surface area contributed by atoms with Gasteiger partial charge in [-0.05, 0) is 66.5 Å². The molecule has 3 rings (SSSR count). The number of rotatable bonds is 13. The van der Waals surface area contributed by atoms with Crippen LogP contribution in [0.3, 0.4) is 0 Å². The Kier molecular flexibility index (Phi) is 12.3. The first-order chi connectivity index (χ1) is 21.5. The summed E-state index contributed by atoms with van der Waals surface area (Å²) in [5, 5.41) is 11.5. The summed E-state index contributed by atoms with van der Waals surface area (Å²) in [4.78, 5) is 26.2. The van der Waals surface area contributed by atoms with Crippen LogP contribution in [-0.2, 0) is 20.0 Å². The zero-order valence-corrected chi connectivity index (χ0v) is 29.6. The van der Waals surface area contributed by atoms with Crippen LogP contribution >= 0.6 is 0 Å². The third kappa shape index (κ3) is 9.43. The molecular formula is C32H50N6O6S2. The topological polar surface area (TPSA) is 157 Å². The smallest absolute Gasteiger partial charge is 0.319 e. The molecule has 2 atom stereocenters. The molecule has 0 aliphatic heterocycles. The molecule has 0 bridgehead atoms. The molecule has 4 amide bonds. The molecule has 2 unspecified atom stereocenters. The van der Waals surface area contributed by atoms with Crippen LogP contribution in [0, 0.1) is 10.8 Å². The maximum Gasteiger partial charge on any atom is 0.319 e. The normalized spacial score (nSPS) is 19.9. The molecule has 1 aliphatic carbocycles. The van der Waals surface area contributed by atoms with Gasteiger partial charge in [0.1, 0.15) is 0 Å². The van der Waals surface area contributed by atoms with E-state index in [-0.39, 0.29) is 26.7 Å². The summed E-state index contributed by atoms with van der Waals surface area (Å²) >= 11 is 0. The van der Waals surface area contributed by atoms with Gasteiger partial charge >= 0.3 is 12.1 Å². The van der Waals surface area contributed by atoms with Crippen molar-refractivity contribution >= 4 is 43.5 Å². The van der Waals surface area contributed by atoms with E-state index in [4.69, 9.17) is 0 Å². The Morgan fingerprint density at radius 2 is 1.20 bits per heavy atom. The van der Waals surface area contributed by atoms with E-state index in [1.807, 2.05) is 0 Å². The molecule has 1 fully saturated rings. The van der Waals surface area contributed by atoms with Crippen LogP contribution < -0.4 is 21.3 Å². The summed E-state index contributed by atoms with van der Waals surface area (Å²) < 4.78 is 54.4. The molecular weight excluding hydrogens is 629 g/mol. The Balaban J connectivity index is 1.63. The summed E-state index contributed by atoms with van der Waals surface area (Å²) in [7, 11) is -7.34. The van der Waals surface area contributed by atoms with Gasteiger partial charge in [-0.15, -0.1) is 0 Å². The van der Waals surface area contributed by atoms with Crippen LogP contribution in [0.5, 0.6) is 0 Å². The highest BCUT2D eigenvalue weighted by atomic mass is 32.2. The minimum atomic E-state index is -3.67. The van der Waals surface area contributed by atoms with Crippen molar-refractivity contribution in [3.05, 3.63) is 48.5 Å². The molecule has 4 N–H and O–H groups in total. The fourth-order valence-corrected chi connectivity index (χ4v) is 9.59. The quantitative estimate of drug-likeness (QED) is 0.226. The lowest BCUT2D eigenvalue weighted by atomic mass is 9.62. The molecule has 14 heteroatoms. The summed E-state index contributed by atoms with van der Waals surface area (Å²) in [5.41, 5.74) is 0.261. The maximum absolute atomic E-state index is 13.1. The molecule has 0 aromatic heterocycles. The van der Waals surface area contributed by atoms with Crippen molar-refractivity contribution < 1.29 is 26.4 Å². The van der Waals surface area contributed by atoms with Gasteiger partial charge in [-0.3, -0.25) is 0 Å². The number of benzene rings is 2. The van der Waals surface area contributed by atoms with Gasteiger partial charge < -0.3 is 21.3 Å². The van der Waals surface area contributed by atoms with Crippen molar-refractivity contribution in [3.8, 4) is 0 Å². The third-order valence-corrected chi connectivity index (χ3v) is 12.4. The number of amides is 4. The van der Waals surface area contributed by atoms with Crippen molar-refractivity contribution in [1.82, 2.24) is 19.2 Å². The van der Waals surface area contributed by atoms with Gasteiger partial charge in [0.25, 0.3) is 0 Å². The minimum Gasteiger partial charge on any atom is -0.337 e. The van der Waals surface area contributed by atoms with Gasteiger partial charge in [-0.2, -0.15) is 8.61 Å². The molecule has 0 radical (unpaired) electrons. The van der Waals surface area contributed by atoms with Gasteiger partial charge in [0.2, 0.25) is 20.0 Å². The van der Waals surface area contributed by atoms with E-state index in [2.05, 4.69) is 42.0 Å². The molecule has 12 nitrogen and oxygen atoms in total. The van der Waals surface area contributed by atoms with Crippen LogP contribution in [0.1, 0.15) is 67.7 Å². The van der Waals surface area contributed by atoms with Crippen molar-refractivity contribution in [2.45, 2.75) is 83.6 Å². The van der Waals surface area contributed by atoms with Crippen molar-refractivity contribution in [1.29, 1.82) is 0 Å². The predicted octanol–water partition coefficient (Wildman–Crippen LogP) is 5.28. The average molecular weight is 679 g/mol. The number of urea groups is 2. The molecule has 1 saturated carbocycles. The van der Waals surface area contributed by atoms with E-state index < -0.39 is 32.1 Å². The predicted molar refractivity (Wildman–Crippen MR) is 182 cm³/mol. The lowest BCUT2D eigenvalue weighted by molar-refractivity contribution is 0.0761. The third-order valence-electron chi connectivity index (χ3n) is 8.32. The highest BCUT2D eigenvalue weighted by Gasteiger charge is 2.42. The van der Waals surface area contributed by atoms with Crippen LogP contribution in [0.15, 0.2) is 58.3 Å². The zero-order chi connectivity index (χ0) is 34.3. The van der Waals surface area contributed by atoms with Gasteiger partial charge in [0.05, 0.1) is 9.79 Å². The number of hydrogen-bond acceptors (Lipinski definition) is 6. The monoisotopic (exact) mass is 678 g/mol. The summed E-state index contributed by atoms with van der Waals surface area (Å²) in [6.07, 6.45) is 2.15. The van der Waals surface area contributed by atoms with Gasteiger partial charge in [0, 0.05) is 50.1 Å². The largest absolute Gasteiger partial charge is 0.337 e. The van der Waals surface area contributed by atoms with Crippen molar-refractivity contribution in [2.24, 2.45) is 10.8 Å². The second-order valence-corrected chi connectivity index (χ2v) is 16.8. The van der Waals surface area contributed by atoms with Crippen LogP contribution in [0.4, 0.5) is 21.0 Å². The van der Waals surface area contributed by atoms with Gasteiger partial charge in [0.15, 0.2) is 0 Å².